The molecule has 1 aliphatic heterocycles. The van der Waals surface area contributed by atoms with Gasteiger partial charge in [0.2, 0.25) is 0 Å². The minimum absolute atomic E-state index is 1.06. The second-order valence-corrected chi connectivity index (χ2v) is 6.81. The predicted octanol–water partition coefficient (Wildman–Crippen LogP) is 4.38. The maximum atomic E-state index is 3.48. The van der Waals surface area contributed by atoms with E-state index in [9.17, 15) is 0 Å². The van der Waals surface area contributed by atoms with E-state index in [1.165, 1.54) is 44.4 Å². The molecule has 1 aliphatic rings. The van der Waals surface area contributed by atoms with E-state index in [2.05, 4.69) is 67.1 Å². The molecule has 2 aromatic carbocycles. The van der Waals surface area contributed by atoms with Crippen LogP contribution in [0.15, 0.2) is 36.4 Å². The lowest BCUT2D eigenvalue weighted by Gasteiger charge is -2.11. The summed E-state index contributed by atoms with van der Waals surface area (Å²) in [5, 5.41) is 4.85. The van der Waals surface area contributed by atoms with Crippen LogP contribution in [-0.4, -0.2) is 17.7 Å². The normalized spacial score (nSPS) is 14.7. The monoisotopic (exact) mass is 304 g/mol. The van der Waals surface area contributed by atoms with Crippen molar-refractivity contribution in [2.75, 3.05) is 13.1 Å². The summed E-state index contributed by atoms with van der Waals surface area (Å²) in [6.07, 6.45) is 1.12. The summed E-state index contributed by atoms with van der Waals surface area (Å²) >= 11 is 0. The summed E-state index contributed by atoms with van der Waals surface area (Å²) in [4.78, 5) is 0. The van der Waals surface area contributed by atoms with Crippen LogP contribution in [-0.2, 0) is 13.0 Å². The molecule has 1 aromatic heterocycles. The van der Waals surface area contributed by atoms with Crippen molar-refractivity contribution in [1.82, 2.24) is 9.88 Å². The van der Waals surface area contributed by atoms with Crippen molar-refractivity contribution >= 4 is 10.9 Å². The highest BCUT2D eigenvalue weighted by molar-refractivity contribution is 5.87. The van der Waals surface area contributed by atoms with Gasteiger partial charge in [-0.15, -0.1) is 0 Å². The number of benzene rings is 2. The summed E-state index contributed by atoms with van der Waals surface area (Å²) in [5.41, 5.74) is 9.61. The Morgan fingerprint density at radius 2 is 1.70 bits per heavy atom. The molecule has 0 amide bonds. The lowest BCUT2D eigenvalue weighted by atomic mass is 9.95. The van der Waals surface area contributed by atoms with E-state index in [-0.39, 0.29) is 0 Å². The number of rotatable bonds is 1. The molecule has 0 saturated heterocycles. The highest BCUT2D eigenvalue weighted by Crippen LogP contribution is 2.31. The first-order valence-electron chi connectivity index (χ1n) is 8.54. The zero-order valence-corrected chi connectivity index (χ0v) is 14.2. The van der Waals surface area contributed by atoms with Crippen LogP contribution in [0.25, 0.3) is 22.0 Å². The molecule has 0 bridgehead atoms. The molecule has 0 unspecified atom stereocenters. The second kappa shape index (κ2) is 5.54. The molecule has 0 aliphatic carbocycles. The molecule has 1 N–H and O–H groups in total. The van der Waals surface area contributed by atoms with Gasteiger partial charge in [-0.05, 0) is 66.8 Å². The number of aromatic nitrogens is 1. The van der Waals surface area contributed by atoms with Crippen molar-refractivity contribution in [3.05, 3.63) is 58.8 Å². The highest BCUT2D eigenvalue weighted by atomic mass is 15.0. The van der Waals surface area contributed by atoms with Crippen LogP contribution in [0.2, 0.25) is 0 Å². The van der Waals surface area contributed by atoms with E-state index in [1.807, 2.05) is 0 Å². The highest BCUT2D eigenvalue weighted by Gasteiger charge is 2.13. The standard InChI is InChI=1S/C21H24N2/c1-14-10-16(3)20(11-15(14)2)17-4-5-21-18(12-17)13-19-6-7-22-8-9-23(19)21/h4-5,10-13,22H,6-9H2,1-3H3. The first kappa shape index (κ1) is 14.5. The van der Waals surface area contributed by atoms with Crippen molar-refractivity contribution in [3.8, 4) is 11.1 Å². The summed E-state index contributed by atoms with van der Waals surface area (Å²) in [6, 6.07) is 14.0. The van der Waals surface area contributed by atoms with Gasteiger partial charge < -0.3 is 9.88 Å². The quantitative estimate of drug-likeness (QED) is 0.706. The van der Waals surface area contributed by atoms with Crippen LogP contribution in [0.1, 0.15) is 22.4 Å². The van der Waals surface area contributed by atoms with Gasteiger partial charge in [0.25, 0.3) is 0 Å². The summed E-state index contributed by atoms with van der Waals surface area (Å²) < 4.78 is 2.48. The lowest BCUT2D eigenvalue weighted by molar-refractivity contribution is 0.658. The van der Waals surface area contributed by atoms with Crippen molar-refractivity contribution < 1.29 is 0 Å². The van der Waals surface area contributed by atoms with Crippen LogP contribution >= 0.6 is 0 Å². The van der Waals surface area contributed by atoms with Gasteiger partial charge >= 0.3 is 0 Å². The average Bonchev–Trinajstić information content (AvgIpc) is 2.71. The average molecular weight is 304 g/mol. The van der Waals surface area contributed by atoms with Gasteiger partial charge in [-0.2, -0.15) is 0 Å². The van der Waals surface area contributed by atoms with E-state index in [0.717, 1.165) is 26.1 Å². The Morgan fingerprint density at radius 1 is 0.870 bits per heavy atom. The number of aryl methyl sites for hydroxylation is 3. The number of hydrogen-bond donors (Lipinski definition) is 1. The molecule has 2 heterocycles. The summed E-state index contributed by atoms with van der Waals surface area (Å²) in [5.74, 6) is 0. The van der Waals surface area contributed by atoms with Crippen molar-refractivity contribution in [2.45, 2.75) is 33.7 Å². The van der Waals surface area contributed by atoms with Gasteiger partial charge in [-0.25, -0.2) is 0 Å². The van der Waals surface area contributed by atoms with E-state index in [4.69, 9.17) is 0 Å². The zero-order valence-electron chi connectivity index (χ0n) is 14.2. The third-order valence-electron chi connectivity index (χ3n) is 5.21. The molecule has 0 saturated carbocycles. The van der Waals surface area contributed by atoms with Crippen LogP contribution in [0.5, 0.6) is 0 Å². The Hall–Kier alpha value is -2.06. The third-order valence-corrected chi connectivity index (χ3v) is 5.21. The van der Waals surface area contributed by atoms with Gasteiger partial charge in [0.15, 0.2) is 0 Å². The Morgan fingerprint density at radius 3 is 2.57 bits per heavy atom. The molecule has 2 nitrogen and oxygen atoms in total. The molecule has 0 atom stereocenters. The Kier molecular flexibility index (Phi) is 3.50. The fraction of sp³-hybridized carbons (Fsp3) is 0.333. The molecule has 0 radical (unpaired) electrons. The maximum absolute atomic E-state index is 3.48. The maximum Gasteiger partial charge on any atom is 0.0483 e. The van der Waals surface area contributed by atoms with Gasteiger partial charge in [-0.3, -0.25) is 0 Å². The summed E-state index contributed by atoms with van der Waals surface area (Å²) in [6.45, 7) is 9.82. The van der Waals surface area contributed by atoms with Crippen LogP contribution in [0.3, 0.4) is 0 Å². The van der Waals surface area contributed by atoms with Gasteiger partial charge in [0.1, 0.15) is 0 Å². The van der Waals surface area contributed by atoms with Crippen molar-refractivity contribution in [1.29, 1.82) is 0 Å². The molecule has 0 fully saturated rings. The minimum atomic E-state index is 1.06. The molecule has 0 spiro atoms. The summed E-state index contributed by atoms with van der Waals surface area (Å²) in [7, 11) is 0. The SMILES string of the molecule is Cc1cc(C)c(-c2ccc3c(c2)cc2n3CCNCC2)cc1C. The third kappa shape index (κ3) is 2.47. The van der Waals surface area contributed by atoms with Gasteiger partial charge in [0.05, 0.1) is 0 Å². The first-order chi connectivity index (χ1) is 11.1. The second-order valence-electron chi connectivity index (χ2n) is 6.81. The van der Waals surface area contributed by atoms with Gasteiger partial charge in [0, 0.05) is 42.7 Å². The van der Waals surface area contributed by atoms with Crippen LogP contribution < -0.4 is 5.32 Å². The molecular weight excluding hydrogens is 280 g/mol. The van der Waals surface area contributed by atoms with Crippen LogP contribution in [0.4, 0.5) is 0 Å². The first-order valence-corrected chi connectivity index (χ1v) is 8.54. The smallest absolute Gasteiger partial charge is 0.0483 e. The van der Waals surface area contributed by atoms with E-state index < -0.39 is 0 Å². The predicted molar refractivity (Wildman–Crippen MR) is 98.2 cm³/mol. The van der Waals surface area contributed by atoms with E-state index in [0.29, 0.717) is 0 Å². The Balaban J connectivity index is 1.85. The number of nitrogens with zero attached hydrogens (tertiary/aromatic N) is 1. The number of fused-ring (bicyclic) bond motifs is 3. The van der Waals surface area contributed by atoms with Crippen molar-refractivity contribution in [2.24, 2.45) is 0 Å². The number of nitrogens with one attached hydrogen (secondary N) is 1. The topological polar surface area (TPSA) is 17.0 Å². The lowest BCUT2D eigenvalue weighted by Crippen LogP contribution is -2.17. The zero-order chi connectivity index (χ0) is 16.0. The van der Waals surface area contributed by atoms with Crippen molar-refractivity contribution in [3.63, 3.8) is 0 Å². The largest absolute Gasteiger partial charge is 0.343 e. The molecule has 4 rings (SSSR count). The molecule has 118 valence electrons. The van der Waals surface area contributed by atoms with Gasteiger partial charge in [-0.1, -0.05) is 18.2 Å². The number of hydrogen-bond acceptors (Lipinski definition) is 1. The fourth-order valence-electron chi connectivity index (χ4n) is 3.77. The van der Waals surface area contributed by atoms with E-state index in [1.54, 1.807) is 0 Å². The molecular formula is C21H24N2. The molecule has 3 aromatic rings. The fourth-order valence-corrected chi connectivity index (χ4v) is 3.77. The van der Waals surface area contributed by atoms with Crippen LogP contribution in [0, 0.1) is 20.8 Å². The van der Waals surface area contributed by atoms with E-state index >= 15 is 0 Å². The Labute approximate surface area is 138 Å². The molecule has 2 heteroatoms. The molecule has 23 heavy (non-hydrogen) atoms. The Bertz CT molecular complexity index is 886. The minimum Gasteiger partial charge on any atom is -0.343 e.